The topological polar surface area (TPSA) is 108 Å². The summed E-state index contributed by atoms with van der Waals surface area (Å²) in [6.07, 6.45) is 2.78. The first-order valence-electron chi connectivity index (χ1n) is 6.31. The number of hydrogen-bond acceptors (Lipinski definition) is 5. The highest BCUT2D eigenvalue weighted by Gasteiger charge is 2.26. The molecule has 2 N–H and O–H groups in total. The Morgan fingerprint density at radius 2 is 2.00 bits per heavy atom. The minimum Gasteiger partial charge on any atom is -0.369 e. The standard InChI is InChI=1S/C13H16N4O3S/c1-21(19,20)12(13(14)18)7-8-17-9-11(15-16-17)10-5-3-2-4-6-10/h2-6,9,12H,7-8H2,1H3,(H2,14,18). The van der Waals surface area contributed by atoms with Crippen LogP contribution in [0.3, 0.4) is 0 Å². The lowest BCUT2D eigenvalue weighted by Crippen LogP contribution is -2.36. The van der Waals surface area contributed by atoms with E-state index >= 15 is 0 Å². The number of carbonyl (C=O) groups is 1. The Kier molecular flexibility index (Phi) is 4.37. The van der Waals surface area contributed by atoms with E-state index in [0.717, 1.165) is 11.8 Å². The van der Waals surface area contributed by atoms with E-state index in [0.29, 0.717) is 5.69 Å². The van der Waals surface area contributed by atoms with Crippen molar-refractivity contribution in [2.24, 2.45) is 5.73 Å². The maximum Gasteiger partial charge on any atom is 0.235 e. The highest BCUT2D eigenvalue weighted by molar-refractivity contribution is 7.92. The molecule has 112 valence electrons. The van der Waals surface area contributed by atoms with Crippen molar-refractivity contribution >= 4 is 15.7 Å². The number of primary amides is 1. The third-order valence-electron chi connectivity index (χ3n) is 3.06. The SMILES string of the molecule is CS(=O)(=O)C(CCn1cc(-c2ccccc2)nn1)C(N)=O. The molecule has 0 spiro atoms. The highest BCUT2D eigenvalue weighted by atomic mass is 32.2. The summed E-state index contributed by atoms with van der Waals surface area (Å²) in [5.41, 5.74) is 6.72. The lowest BCUT2D eigenvalue weighted by atomic mass is 10.2. The Hall–Kier alpha value is -2.22. The third-order valence-corrected chi connectivity index (χ3v) is 4.56. The smallest absolute Gasteiger partial charge is 0.235 e. The van der Waals surface area contributed by atoms with Crippen LogP contribution >= 0.6 is 0 Å². The van der Waals surface area contributed by atoms with Gasteiger partial charge < -0.3 is 5.73 Å². The fourth-order valence-corrected chi connectivity index (χ4v) is 2.92. The van der Waals surface area contributed by atoms with Crippen molar-refractivity contribution < 1.29 is 13.2 Å². The number of aryl methyl sites for hydroxylation is 1. The molecular weight excluding hydrogens is 292 g/mol. The van der Waals surface area contributed by atoms with E-state index in [2.05, 4.69) is 10.3 Å². The molecule has 0 saturated carbocycles. The Balaban J connectivity index is 2.08. The second-order valence-electron chi connectivity index (χ2n) is 4.74. The van der Waals surface area contributed by atoms with E-state index in [4.69, 9.17) is 5.73 Å². The minimum absolute atomic E-state index is 0.0752. The first kappa shape index (κ1) is 15.2. The second-order valence-corrected chi connectivity index (χ2v) is 6.97. The van der Waals surface area contributed by atoms with Gasteiger partial charge in [0.25, 0.3) is 0 Å². The van der Waals surface area contributed by atoms with Gasteiger partial charge in [0.15, 0.2) is 9.84 Å². The molecule has 1 heterocycles. The van der Waals surface area contributed by atoms with Gasteiger partial charge in [-0.1, -0.05) is 35.5 Å². The van der Waals surface area contributed by atoms with Gasteiger partial charge in [-0.25, -0.2) is 8.42 Å². The molecule has 2 rings (SSSR count). The van der Waals surface area contributed by atoms with Gasteiger partial charge in [-0.15, -0.1) is 5.10 Å². The zero-order valence-electron chi connectivity index (χ0n) is 11.5. The van der Waals surface area contributed by atoms with Crippen molar-refractivity contribution in [3.05, 3.63) is 36.5 Å². The Bertz CT molecular complexity index is 725. The van der Waals surface area contributed by atoms with Crippen LogP contribution < -0.4 is 5.73 Å². The average Bonchev–Trinajstić information content (AvgIpc) is 2.87. The summed E-state index contributed by atoms with van der Waals surface area (Å²) in [5, 5.41) is 6.74. The van der Waals surface area contributed by atoms with Gasteiger partial charge in [-0.05, 0) is 6.42 Å². The van der Waals surface area contributed by atoms with Crippen LogP contribution in [0.5, 0.6) is 0 Å². The van der Waals surface area contributed by atoms with Crippen molar-refractivity contribution in [3.8, 4) is 11.3 Å². The number of carbonyl (C=O) groups excluding carboxylic acids is 1. The lowest BCUT2D eigenvalue weighted by molar-refractivity contribution is -0.117. The van der Waals surface area contributed by atoms with E-state index < -0.39 is 21.0 Å². The molecular formula is C13H16N4O3S. The van der Waals surface area contributed by atoms with Crippen LogP contribution in [0.2, 0.25) is 0 Å². The monoisotopic (exact) mass is 308 g/mol. The fraction of sp³-hybridized carbons (Fsp3) is 0.308. The summed E-state index contributed by atoms with van der Waals surface area (Å²) >= 11 is 0. The second kappa shape index (κ2) is 6.04. The molecule has 1 amide bonds. The summed E-state index contributed by atoms with van der Waals surface area (Å²) in [6, 6.07) is 9.48. The van der Waals surface area contributed by atoms with Crippen LogP contribution in [0.4, 0.5) is 0 Å². The summed E-state index contributed by atoms with van der Waals surface area (Å²) in [5.74, 6) is -0.846. The lowest BCUT2D eigenvalue weighted by Gasteiger charge is -2.10. The van der Waals surface area contributed by atoms with Crippen molar-refractivity contribution in [1.29, 1.82) is 0 Å². The number of aromatic nitrogens is 3. The van der Waals surface area contributed by atoms with Crippen LogP contribution in [0.1, 0.15) is 6.42 Å². The summed E-state index contributed by atoms with van der Waals surface area (Å²) in [4.78, 5) is 11.2. The van der Waals surface area contributed by atoms with Gasteiger partial charge in [-0.3, -0.25) is 9.48 Å². The highest BCUT2D eigenvalue weighted by Crippen LogP contribution is 2.15. The number of nitrogens with zero attached hydrogens (tertiary/aromatic N) is 3. The summed E-state index contributed by atoms with van der Waals surface area (Å²) in [7, 11) is -3.52. The molecule has 1 atom stereocenters. The van der Waals surface area contributed by atoms with Crippen LogP contribution in [-0.2, 0) is 21.2 Å². The van der Waals surface area contributed by atoms with Gasteiger partial charge in [0.2, 0.25) is 5.91 Å². The zero-order chi connectivity index (χ0) is 15.5. The molecule has 7 nitrogen and oxygen atoms in total. The van der Waals surface area contributed by atoms with Gasteiger partial charge in [0.1, 0.15) is 10.9 Å². The molecule has 0 aliphatic carbocycles. The number of hydrogen-bond donors (Lipinski definition) is 1. The van der Waals surface area contributed by atoms with Crippen LogP contribution in [0.15, 0.2) is 36.5 Å². The maximum atomic E-state index is 11.5. The molecule has 0 saturated heterocycles. The minimum atomic E-state index is -3.52. The predicted molar refractivity (Wildman–Crippen MR) is 77.9 cm³/mol. The normalized spacial score (nSPS) is 13.0. The van der Waals surface area contributed by atoms with Crippen LogP contribution in [0, 0.1) is 0 Å². The molecule has 1 aromatic heterocycles. The number of sulfone groups is 1. The Morgan fingerprint density at radius 1 is 1.33 bits per heavy atom. The van der Waals surface area contributed by atoms with Crippen LogP contribution in [0.25, 0.3) is 11.3 Å². The molecule has 0 radical (unpaired) electrons. The molecule has 2 aromatic rings. The van der Waals surface area contributed by atoms with E-state index in [1.807, 2.05) is 30.3 Å². The van der Waals surface area contributed by atoms with E-state index in [-0.39, 0.29) is 13.0 Å². The van der Waals surface area contributed by atoms with Crippen molar-refractivity contribution in [2.45, 2.75) is 18.2 Å². The Morgan fingerprint density at radius 3 is 2.57 bits per heavy atom. The van der Waals surface area contributed by atoms with Crippen molar-refractivity contribution in [1.82, 2.24) is 15.0 Å². The van der Waals surface area contributed by atoms with E-state index in [1.54, 1.807) is 6.20 Å². The number of nitrogens with two attached hydrogens (primary N) is 1. The molecule has 1 aromatic carbocycles. The van der Waals surface area contributed by atoms with Crippen molar-refractivity contribution in [2.75, 3.05) is 6.26 Å². The first-order chi connectivity index (χ1) is 9.88. The van der Waals surface area contributed by atoms with Crippen LogP contribution in [-0.4, -0.2) is 40.8 Å². The molecule has 1 unspecified atom stereocenters. The average molecular weight is 308 g/mol. The molecule has 0 fully saturated rings. The first-order valence-corrected chi connectivity index (χ1v) is 8.27. The van der Waals surface area contributed by atoms with Gasteiger partial charge in [0, 0.05) is 18.4 Å². The third kappa shape index (κ3) is 3.88. The summed E-state index contributed by atoms with van der Waals surface area (Å²) in [6.45, 7) is 0.251. The molecule has 21 heavy (non-hydrogen) atoms. The van der Waals surface area contributed by atoms with Crippen molar-refractivity contribution in [3.63, 3.8) is 0 Å². The number of benzene rings is 1. The molecule has 8 heteroatoms. The summed E-state index contributed by atoms with van der Waals surface area (Å²) < 4.78 is 24.5. The van der Waals surface area contributed by atoms with Gasteiger partial charge in [0.05, 0.1) is 6.20 Å². The Labute approximate surface area is 122 Å². The van der Waals surface area contributed by atoms with E-state index in [1.165, 1.54) is 4.68 Å². The predicted octanol–water partition coefficient (Wildman–Crippen LogP) is 0.234. The quantitative estimate of drug-likeness (QED) is 0.822. The maximum absolute atomic E-state index is 11.5. The largest absolute Gasteiger partial charge is 0.369 e. The van der Waals surface area contributed by atoms with E-state index in [9.17, 15) is 13.2 Å². The molecule has 0 aliphatic rings. The van der Waals surface area contributed by atoms with Gasteiger partial charge in [-0.2, -0.15) is 0 Å². The number of rotatable bonds is 6. The molecule has 0 aliphatic heterocycles. The molecule has 0 bridgehead atoms. The number of amides is 1. The van der Waals surface area contributed by atoms with Gasteiger partial charge >= 0.3 is 0 Å². The zero-order valence-corrected chi connectivity index (χ0v) is 12.3. The fourth-order valence-electron chi connectivity index (χ4n) is 1.97.